The number of nitrogen functional groups attached to an aromatic ring is 1. The van der Waals surface area contributed by atoms with E-state index >= 15 is 0 Å². The Morgan fingerprint density at radius 3 is 2.90 bits per heavy atom. The van der Waals surface area contributed by atoms with Crippen molar-refractivity contribution in [1.82, 2.24) is 15.0 Å². The highest BCUT2D eigenvalue weighted by Crippen LogP contribution is 2.38. The number of benzene rings is 1. The van der Waals surface area contributed by atoms with Crippen LogP contribution in [0.25, 0.3) is 11.1 Å². The number of anilines is 1. The van der Waals surface area contributed by atoms with Gasteiger partial charge in [-0.05, 0) is 48.6 Å². The van der Waals surface area contributed by atoms with Gasteiger partial charge in [0.15, 0.2) is 0 Å². The van der Waals surface area contributed by atoms with Crippen LogP contribution in [0.3, 0.4) is 0 Å². The Balaban J connectivity index is 1.77. The van der Waals surface area contributed by atoms with Crippen LogP contribution >= 0.6 is 0 Å². The number of rotatable bonds is 6. The van der Waals surface area contributed by atoms with Gasteiger partial charge in [-0.1, -0.05) is 17.3 Å². The number of fused-ring (bicyclic) bond motifs is 1. The monoisotopic (exact) mass is 421 g/mol. The molecule has 1 atom stereocenters. The summed E-state index contributed by atoms with van der Waals surface area (Å²) >= 11 is 0. The highest BCUT2D eigenvalue weighted by molar-refractivity contribution is 6.03. The second-order valence-corrected chi connectivity index (χ2v) is 7.52. The molecule has 0 radical (unpaired) electrons. The van der Waals surface area contributed by atoms with Crippen LogP contribution in [-0.4, -0.2) is 39.0 Å². The van der Waals surface area contributed by atoms with Crippen LogP contribution in [0.4, 0.5) is 10.3 Å². The van der Waals surface area contributed by atoms with Crippen LogP contribution in [-0.2, 0) is 11.3 Å². The minimum absolute atomic E-state index is 0.00259. The molecule has 8 heteroatoms. The van der Waals surface area contributed by atoms with E-state index in [9.17, 15) is 4.39 Å². The molecular formula is C23H24FN5O2. The predicted octanol–water partition coefficient (Wildman–Crippen LogP) is 3.40. The molecule has 2 aromatic heterocycles. The van der Waals surface area contributed by atoms with Crippen molar-refractivity contribution in [2.75, 3.05) is 18.9 Å². The normalized spacial score (nSPS) is 16.9. The third-order valence-electron chi connectivity index (χ3n) is 5.35. The fourth-order valence-corrected chi connectivity index (χ4v) is 4.03. The summed E-state index contributed by atoms with van der Waals surface area (Å²) in [5, 5.41) is 13.3. The largest absolute Gasteiger partial charge is 0.396 e. The Kier molecular flexibility index (Phi) is 6.18. The number of hydrogen-bond donors (Lipinski definition) is 2. The van der Waals surface area contributed by atoms with Gasteiger partial charge in [0.2, 0.25) is 5.95 Å². The molecule has 1 aliphatic carbocycles. The average molecular weight is 421 g/mol. The Morgan fingerprint density at radius 2 is 2.13 bits per heavy atom. The number of nitrogens with zero attached hydrogens (tertiary/aromatic N) is 4. The Hall–Kier alpha value is -3.39. The third kappa shape index (κ3) is 4.54. The molecule has 0 amide bonds. The summed E-state index contributed by atoms with van der Waals surface area (Å²) in [6.45, 7) is 2.22. The minimum atomic E-state index is -0.303. The van der Waals surface area contributed by atoms with Crippen molar-refractivity contribution in [3.05, 3.63) is 71.1 Å². The van der Waals surface area contributed by atoms with E-state index in [0.717, 1.165) is 39.4 Å². The lowest BCUT2D eigenvalue weighted by atomic mass is 9.78. The molecule has 0 spiro atoms. The smallest absolute Gasteiger partial charge is 0.220 e. The van der Waals surface area contributed by atoms with Gasteiger partial charge in [-0.25, -0.2) is 14.4 Å². The van der Waals surface area contributed by atoms with Gasteiger partial charge in [-0.2, -0.15) is 0 Å². The first-order chi connectivity index (χ1) is 15.1. The molecule has 2 heterocycles. The quantitative estimate of drug-likeness (QED) is 0.467. The van der Waals surface area contributed by atoms with Crippen LogP contribution in [0.5, 0.6) is 0 Å². The maximum Gasteiger partial charge on any atom is 0.220 e. The van der Waals surface area contributed by atoms with E-state index in [1.807, 2.05) is 25.1 Å². The summed E-state index contributed by atoms with van der Waals surface area (Å²) in [5.41, 5.74) is 11.7. The van der Waals surface area contributed by atoms with E-state index in [2.05, 4.69) is 20.1 Å². The summed E-state index contributed by atoms with van der Waals surface area (Å²) in [7, 11) is 0. The number of pyridine rings is 1. The highest BCUT2D eigenvalue weighted by atomic mass is 19.1. The SMILES string of the molecule is Cc1nc(N)nc2c1C(=NOCCCO)CC(c1ccc(F)cc1-c1cccnc1)C2. The fraction of sp³-hybridized carbons (Fsp3) is 0.304. The standard InChI is InChI=1S/C23H24FN5O2/c1-14-22-20(28-23(25)27-14)10-16(11-21(22)29-31-9-3-8-30)18-6-5-17(24)12-19(18)15-4-2-7-26-13-15/h2,4-7,12-13,16,30H,3,8-11H2,1H3,(H2,25,27,28). The van der Waals surface area contributed by atoms with Gasteiger partial charge in [0.25, 0.3) is 0 Å². The molecule has 160 valence electrons. The number of halogens is 1. The van der Waals surface area contributed by atoms with Crippen molar-refractivity contribution in [1.29, 1.82) is 0 Å². The van der Waals surface area contributed by atoms with E-state index in [-0.39, 0.29) is 24.3 Å². The van der Waals surface area contributed by atoms with E-state index in [0.29, 0.717) is 25.9 Å². The molecule has 1 aliphatic rings. The molecular weight excluding hydrogens is 397 g/mol. The van der Waals surface area contributed by atoms with Crippen molar-refractivity contribution in [2.24, 2.45) is 5.16 Å². The van der Waals surface area contributed by atoms with Gasteiger partial charge in [0.05, 0.1) is 17.1 Å². The third-order valence-corrected chi connectivity index (χ3v) is 5.35. The molecule has 3 N–H and O–H groups in total. The van der Waals surface area contributed by atoms with Crippen LogP contribution < -0.4 is 5.73 Å². The summed E-state index contributed by atoms with van der Waals surface area (Å²) < 4.78 is 14.1. The van der Waals surface area contributed by atoms with Crippen molar-refractivity contribution in [3.8, 4) is 11.1 Å². The van der Waals surface area contributed by atoms with E-state index in [1.165, 1.54) is 12.1 Å². The average Bonchev–Trinajstić information content (AvgIpc) is 2.76. The molecule has 4 rings (SSSR count). The Labute approximate surface area is 179 Å². The molecule has 0 saturated carbocycles. The number of hydrogen-bond acceptors (Lipinski definition) is 7. The van der Waals surface area contributed by atoms with Gasteiger partial charge < -0.3 is 15.7 Å². The zero-order valence-corrected chi connectivity index (χ0v) is 17.3. The van der Waals surface area contributed by atoms with Crippen LogP contribution in [0, 0.1) is 12.7 Å². The predicted molar refractivity (Wildman–Crippen MR) is 116 cm³/mol. The van der Waals surface area contributed by atoms with Gasteiger partial charge >= 0.3 is 0 Å². The number of aliphatic hydroxyl groups is 1. The Bertz CT molecular complexity index is 1100. The minimum Gasteiger partial charge on any atom is -0.396 e. The lowest BCUT2D eigenvalue weighted by Gasteiger charge is -2.28. The van der Waals surface area contributed by atoms with Crippen LogP contribution in [0.1, 0.15) is 41.3 Å². The van der Waals surface area contributed by atoms with Gasteiger partial charge in [-0.15, -0.1) is 0 Å². The number of oxime groups is 1. The van der Waals surface area contributed by atoms with E-state index in [1.54, 1.807) is 12.4 Å². The molecule has 0 bridgehead atoms. The van der Waals surface area contributed by atoms with Crippen molar-refractivity contribution in [2.45, 2.75) is 32.1 Å². The van der Waals surface area contributed by atoms with Gasteiger partial charge in [0, 0.05) is 43.0 Å². The van der Waals surface area contributed by atoms with Crippen LogP contribution in [0.2, 0.25) is 0 Å². The number of aryl methyl sites for hydroxylation is 1. The first-order valence-electron chi connectivity index (χ1n) is 10.2. The van der Waals surface area contributed by atoms with Crippen molar-refractivity contribution >= 4 is 11.7 Å². The van der Waals surface area contributed by atoms with Crippen molar-refractivity contribution in [3.63, 3.8) is 0 Å². The van der Waals surface area contributed by atoms with Gasteiger partial charge in [-0.3, -0.25) is 4.98 Å². The second-order valence-electron chi connectivity index (χ2n) is 7.52. The maximum absolute atomic E-state index is 14.1. The lowest BCUT2D eigenvalue weighted by molar-refractivity contribution is 0.123. The molecule has 0 aliphatic heterocycles. The maximum atomic E-state index is 14.1. The molecule has 0 saturated heterocycles. The summed E-state index contributed by atoms with van der Waals surface area (Å²) in [6, 6.07) is 8.57. The molecule has 1 unspecified atom stereocenters. The fourth-order valence-electron chi connectivity index (χ4n) is 4.03. The summed E-state index contributed by atoms with van der Waals surface area (Å²) in [6.07, 6.45) is 5.12. The van der Waals surface area contributed by atoms with E-state index in [4.69, 9.17) is 15.7 Å². The van der Waals surface area contributed by atoms with Crippen molar-refractivity contribution < 1.29 is 14.3 Å². The zero-order valence-electron chi connectivity index (χ0n) is 17.3. The van der Waals surface area contributed by atoms with Gasteiger partial charge in [0.1, 0.15) is 12.4 Å². The van der Waals surface area contributed by atoms with Crippen LogP contribution in [0.15, 0.2) is 47.9 Å². The number of nitrogens with two attached hydrogens (primary N) is 1. The number of aromatic nitrogens is 3. The molecule has 31 heavy (non-hydrogen) atoms. The summed E-state index contributed by atoms with van der Waals surface area (Å²) in [5.74, 6) is -0.0938. The first kappa shape index (κ1) is 20.9. The molecule has 7 nitrogen and oxygen atoms in total. The second kappa shape index (κ2) is 9.18. The lowest BCUT2D eigenvalue weighted by Crippen LogP contribution is -2.24. The summed E-state index contributed by atoms with van der Waals surface area (Å²) in [4.78, 5) is 18.4. The highest BCUT2D eigenvalue weighted by Gasteiger charge is 2.30. The topological polar surface area (TPSA) is 107 Å². The zero-order chi connectivity index (χ0) is 21.8. The molecule has 0 fully saturated rings. The number of aliphatic hydroxyl groups excluding tert-OH is 1. The van der Waals surface area contributed by atoms with E-state index < -0.39 is 0 Å². The molecule has 3 aromatic rings. The Morgan fingerprint density at radius 1 is 1.26 bits per heavy atom. The first-order valence-corrected chi connectivity index (χ1v) is 10.2. The molecule has 1 aromatic carbocycles.